The molecule has 1 aliphatic heterocycles. The van der Waals surface area contributed by atoms with Crippen LogP contribution in [0.5, 0.6) is 0 Å². The maximum atomic E-state index is 12.4. The summed E-state index contributed by atoms with van der Waals surface area (Å²) < 4.78 is 0. The molecule has 0 saturated carbocycles. The van der Waals surface area contributed by atoms with Crippen LogP contribution in [-0.4, -0.2) is 53.4 Å². The van der Waals surface area contributed by atoms with Gasteiger partial charge >= 0.3 is 0 Å². The van der Waals surface area contributed by atoms with Gasteiger partial charge in [-0.2, -0.15) is 0 Å². The van der Waals surface area contributed by atoms with Crippen LogP contribution in [0.3, 0.4) is 0 Å². The molecule has 1 saturated heterocycles. The van der Waals surface area contributed by atoms with Crippen LogP contribution in [0.1, 0.15) is 11.1 Å². The lowest BCUT2D eigenvalue weighted by atomic mass is 10.2. The highest BCUT2D eigenvalue weighted by Crippen LogP contribution is 2.13. The third-order valence-corrected chi connectivity index (χ3v) is 4.68. The van der Waals surface area contributed by atoms with Crippen molar-refractivity contribution < 1.29 is 9.72 Å². The number of rotatable bonds is 6. The average molecular weight is 377 g/mol. The van der Waals surface area contributed by atoms with Gasteiger partial charge in [0, 0.05) is 50.9 Å². The second-order valence-corrected chi connectivity index (χ2v) is 6.62. The summed E-state index contributed by atoms with van der Waals surface area (Å²) in [6.45, 7) is 3.95. The van der Waals surface area contributed by atoms with E-state index in [9.17, 15) is 14.9 Å². The molecule has 0 radical (unpaired) electrons. The number of nitro groups is 1. The average Bonchev–Trinajstić information content (AvgIpc) is 2.73. The van der Waals surface area contributed by atoms with Gasteiger partial charge in [-0.3, -0.25) is 19.8 Å². The summed E-state index contributed by atoms with van der Waals surface area (Å²) in [6.07, 6.45) is 7.50. The van der Waals surface area contributed by atoms with Crippen LogP contribution < -0.4 is 0 Å². The Labute approximate surface area is 164 Å². The van der Waals surface area contributed by atoms with E-state index < -0.39 is 4.92 Å². The molecule has 1 aliphatic rings. The molecule has 3 rings (SSSR count). The van der Waals surface area contributed by atoms with E-state index in [1.807, 2.05) is 23.1 Å². The van der Waals surface area contributed by atoms with Crippen LogP contribution in [0.15, 0.2) is 66.7 Å². The van der Waals surface area contributed by atoms with E-state index in [4.69, 9.17) is 0 Å². The molecule has 0 N–H and O–H groups in total. The van der Waals surface area contributed by atoms with E-state index in [0.29, 0.717) is 13.1 Å². The van der Waals surface area contributed by atoms with Gasteiger partial charge in [0.15, 0.2) is 0 Å². The third kappa shape index (κ3) is 5.62. The van der Waals surface area contributed by atoms with Crippen LogP contribution in [0.4, 0.5) is 5.69 Å². The molecule has 0 atom stereocenters. The van der Waals surface area contributed by atoms with Gasteiger partial charge in [-0.25, -0.2) is 0 Å². The van der Waals surface area contributed by atoms with Crippen LogP contribution in [-0.2, 0) is 4.79 Å². The molecule has 0 aromatic heterocycles. The number of piperazine rings is 1. The Kier molecular flexibility index (Phi) is 6.70. The Morgan fingerprint density at radius 3 is 2.21 bits per heavy atom. The minimum atomic E-state index is -0.437. The zero-order valence-corrected chi connectivity index (χ0v) is 15.6. The largest absolute Gasteiger partial charge is 0.337 e. The van der Waals surface area contributed by atoms with Gasteiger partial charge in [0.05, 0.1) is 4.92 Å². The van der Waals surface area contributed by atoms with Crippen LogP contribution in [0.25, 0.3) is 12.2 Å². The number of benzene rings is 2. The minimum Gasteiger partial charge on any atom is -0.337 e. The number of hydrogen-bond donors (Lipinski definition) is 0. The SMILES string of the molecule is O=C(C=Cc1ccc([N+](=O)[O-])cc1)N1CCN(CC=Cc2ccccc2)CC1. The lowest BCUT2D eigenvalue weighted by molar-refractivity contribution is -0.384. The predicted octanol–water partition coefficient (Wildman–Crippen LogP) is 3.47. The van der Waals surface area contributed by atoms with Crippen molar-refractivity contribution in [3.05, 3.63) is 88.0 Å². The molecule has 2 aromatic rings. The lowest BCUT2D eigenvalue weighted by Gasteiger charge is -2.33. The summed E-state index contributed by atoms with van der Waals surface area (Å²) in [6, 6.07) is 16.3. The first-order chi connectivity index (χ1) is 13.6. The first-order valence-corrected chi connectivity index (χ1v) is 9.27. The van der Waals surface area contributed by atoms with Crippen molar-refractivity contribution in [3.63, 3.8) is 0 Å². The van der Waals surface area contributed by atoms with E-state index in [1.165, 1.54) is 23.8 Å². The maximum Gasteiger partial charge on any atom is 0.269 e. The predicted molar refractivity (Wildman–Crippen MR) is 111 cm³/mol. The fourth-order valence-corrected chi connectivity index (χ4v) is 3.03. The summed E-state index contributed by atoms with van der Waals surface area (Å²) in [5.41, 5.74) is 2.00. The van der Waals surface area contributed by atoms with Gasteiger partial charge in [0.1, 0.15) is 0 Å². The molecule has 2 aromatic carbocycles. The number of hydrogen-bond acceptors (Lipinski definition) is 4. The number of amides is 1. The summed E-state index contributed by atoms with van der Waals surface area (Å²) in [5, 5.41) is 10.7. The molecule has 0 unspecified atom stereocenters. The molecule has 1 fully saturated rings. The number of carbonyl (C=O) groups is 1. The third-order valence-electron chi connectivity index (χ3n) is 4.68. The first-order valence-electron chi connectivity index (χ1n) is 9.27. The zero-order chi connectivity index (χ0) is 19.8. The highest BCUT2D eigenvalue weighted by Gasteiger charge is 2.18. The van der Waals surface area contributed by atoms with E-state index in [2.05, 4.69) is 29.2 Å². The van der Waals surface area contributed by atoms with Gasteiger partial charge in [0.2, 0.25) is 5.91 Å². The van der Waals surface area contributed by atoms with Crippen LogP contribution in [0.2, 0.25) is 0 Å². The number of nitro benzene ring substituents is 1. The monoisotopic (exact) mass is 377 g/mol. The smallest absolute Gasteiger partial charge is 0.269 e. The van der Waals surface area contributed by atoms with Crippen molar-refractivity contribution in [2.75, 3.05) is 32.7 Å². The molecule has 6 heteroatoms. The second kappa shape index (κ2) is 9.62. The molecular formula is C22H23N3O3. The van der Waals surface area contributed by atoms with Gasteiger partial charge in [-0.1, -0.05) is 42.5 Å². The summed E-state index contributed by atoms with van der Waals surface area (Å²) in [7, 11) is 0. The maximum absolute atomic E-state index is 12.4. The molecule has 0 spiro atoms. The van der Waals surface area contributed by atoms with Crippen molar-refractivity contribution in [2.24, 2.45) is 0 Å². The van der Waals surface area contributed by atoms with Crippen LogP contribution in [0, 0.1) is 10.1 Å². The normalized spacial score (nSPS) is 15.4. The van der Waals surface area contributed by atoms with E-state index >= 15 is 0 Å². The summed E-state index contributed by atoms with van der Waals surface area (Å²) >= 11 is 0. The highest BCUT2D eigenvalue weighted by molar-refractivity contribution is 5.91. The Balaban J connectivity index is 1.44. The lowest BCUT2D eigenvalue weighted by Crippen LogP contribution is -2.48. The molecule has 144 valence electrons. The Bertz CT molecular complexity index is 852. The number of nitrogens with zero attached hydrogens (tertiary/aromatic N) is 3. The van der Waals surface area contributed by atoms with Gasteiger partial charge in [-0.15, -0.1) is 0 Å². The Hall–Kier alpha value is -3.25. The minimum absolute atomic E-state index is 0.0298. The van der Waals surface area contributed by atoms with E-state index in [1.54, 1.807) is 18.2 Å². The van der Waals surface area contributed by atoms with Crippen molar-refractivity contribution >= 4 is 23.7 Å². The molecule has 0 aliphatic carbocycles. The van der Waals surface area contributed by atoms with Gasteiger partial charge in [-0.05, 0) is 29.3 Å². The van der Waals surface area contributed by atoms with Crippen molar-refractivity contribution in [3.8, 4) is 0 Å². The fourth-order valence-electron chi connectivity index (χ4n) is 3.03. The topological polar surface area (TPSA) is 66.7 Å². The standard InChI is InChI=1S/C22H23N3O3/c26-22(13-10-20-8-11-21(12-9-20)25(27)28)24-17-15-23(16-18-24)14-4-7-19-5-2-1-3-6-19/h1-13H,14-18H2. The Morgan fingerprint density at radius 1 is 0.929 bits per heavy atom. The number of non-ortho nitro benzene ring substituents is 1. The zero-order valence-electron chi connectivity index (χ0n) is 15.6. The molecule has 6 nitrogen and oxygen atoms in total. The van der Waals surface area contributed by atoms with E-state index in [-0.39, 0.29) is 11.6 Å². The van der Waals surface area contributed by atoms with Crippen molar-refractivity contribution in [1.29, 1.82) is 0 Å². The highest BCUT2D eigenvalue weighted by atomic mass is 16.6. The molecule has 1 heterocycles. The first kappa shape index (κ1) is 19.5. The molecule has 1 amide bonds. The van der Waals surface area contributed by atoms with Crippen molar-refractivity contribution in [1.82, 2.24) is 9.80 Å². The number of carbonyl (C=O) groups excluding carboxylic acids is 1. The van der Waals surface area contributed by atoms with Crippen molar-refractivity contribution in [2.45, 2.75) is 0 Å². The Morgan fingerprint density at radius 2 is 1.57 bits per heavy atom. The van der Waals surface area contributed by atoms with E-state index in [0.717, 1.165) is 25.2 Å². The second-order valence-electron chi connectivity index (χ2n) is 6.62. The quantitative estimate of drug-likeness (QED) is 0.439. The van der Waals surface area contributed by atoms with Gasteiger partial charge in [0.25, 0.3) is 5.69 Å². The van der Waals surface area contributed by atoms with Crippen LogP contribution >= 0.6 is 0 Å². The molecular weight excluding hydrogens is 354 g/mol. The van der Waals surface area contributed by atoms with Gasteiger partial charge < -0.3 is 4.90 Å². The molecule has 28 heavy (non-hydrogen) atoms. The molecule has 0 bridgehead atoms. The fraction of sp³-hybridized carbons (Fsp3) is 0.227. The summed E-state index contributed by atoms with van der Waals surface area (Å²) in [4.78, 5) is 26.7. The summed E-state index contributed by atoms with van der Waals surface area (Å²) in [5.74, 6) is -0.0298.